The number of rotatable bonds is 4. The number of pyridine rings is 1. The van der Waals surface area contributed by atoms with Crippen LogP contribution in [0.4, 0.5) is 0 Å². The molecule has 2 atom stereocenters. The molecular weight excluding hydrogens is 292 g/mol. The molecule has 0 saturated heterocycles. The van der Waals surface area contributed by atoms with Crippen molar-refractivity contribution in [2.45, 2.75) is 37.1 Å². The van der Waals surface area contributed by atoms with E-state index in [1.165, 1.54) is 19.3 Å². The molecule has 1 aliphatic carbocycles. The van der Waals surface area contributed by atoms with Gasteiger partial charge in [0.15, 0.2) is 5.96 Å². The molecule has 110 valence electrons. The van der Waals surface area contributed by atoms with E-state index in [0.717, 1.165) is 16.8 Å². The number of aliphatic imine (C=N–C) groups is 1. The molecule has 1 aromatic rings. The van der Waals surface area contributed by atoms with Crippen molar-refractivity contribution < 1.29 is 0 Å². The Morgan fingerprint density at radius 1 is 1.50 bits per heavy atom. The second-order valence-electron chi connectivity index (χ2n) is 4.93. The largest absolute Gasteiger partial charge is 0.354 e. The van der Waals surface area contributed by atoms with Gasteiger partial charge >= 0.3 is 0 Å². The summed E-state index contributed by atoms with van der Waals surface area (Å²) in [6, 6.07) is 4.30. The maximum Gasteiger partial charge on any atom is 0.191 e. The summed E-state index contributed by atoms with van der Waals surface area (Å²) in [6.07, 6.45) is 7.69. The molecule has 0 bridgehead atoms. The average molecular weight is 313 g/mol. The summed E-state index contributed by atoms with van der Waals surface area (Å²) >= 11 is 7.73. The Bertz CT molecular complexity index is 449. The Morgan fingerprint density at radius 2 is 2.35 bits per heavy atom. The Labute approximate surface area is 129 Å². The van der Waals surface area contributed by atoms with E-state index in [2.05, 4.69) is 26.9 Å². The standard InChI is InChI=1S/C14H21ClN4S/c1-16-14(19-11-4-5-12(7-11)20-2)18-9-10-3-6-13(15)17-8-10/h3,6,8,11-12H,4-5,7,9H2,1-2H3,(H2,16,18,19). The Balaban J connectivity index is 1.80. The molecule has 2 N–H and O–H groups in total. The van der Waals surface area contributed by atoms with Crippen LogP contribution in [0.3, 0.4) is 0 Å². The molecule has 1 aromatic heterocycles. The molecule has 1 aliphatic rings. The molecule has 1 fully saturated rings. The van der Waals surface area contributed by atoms with Gasteiger partial charge in [-0.15, -0.1) is 0 Å². The molecule has 0 aliphatic heterocycles. The second kappa shape index (κ2) is 7.74. The van der Waals surface area contributed by atoms with Crippen LogP contribution in [0, 0.1) is 0 Å². The number of guanidine groups is 1. The van der Waals surface area contributed by atoms with Crippen molar-refractivity contribution in [3.05, 3.63) is 29.0 Å². The van der Waals surface area contributed by atoms with Crippen molar-refractivity contribution in [2.24, 2.45) is 4.99 Å². The average Bonchev–Trinajstić information content (AvgIpc) is 2.93. The predicted octanol–water partition coefficient (Wildman–Crippen LogP) is 2.68. The van der Waals surface area contributed by atoms with Crippen LogP contribution in [0.2, 0.25) is 5.15 Å². The minimum absolute atomic E-state index is 0.519. The molecule has 4 nitrogen and oxygen atoms in total. The maximum atomic E-state index is 5.77. The highest BCUT2D eigenvalue weighted by atomic mass is 35.5. The van der Waals surface area contributed by atoms with Crippen LogP contribution in [-0.4, -0.2) is 35.5 Å². The minimum Gasteiger partial charge on any atom is -0.354 e. The van der Waals surface area contributed by atoms with E-state index in [0.29, 0.717) is 17.7 Å². The first kappa shape index (κ1) is 15.4. The number of hydrogen-bond donors (Lipinski definition) is 2. The maximum absolute atomic E-state index is 5.77. The lowest BCUT2D eigenvalue weighted by atomic mass is 10.2. The van der Waals surface area contributed by atoms with Crippen molar-refractivity contribution >= 4 is 29.3 Å². The van der Waals surface area contributed by atoms with Crippen molar-refractivity contribution in [2.75, 3.05) is 13.3 Å². The van der Waals surface area contributed by atoms with Gasteiger partial charge in [0.25, 0.3) is 0 Å². The van der Waals surface area contributed by atoms with E-state index in [-0.39, 0.29) is 0 Å². The summed E-state index contributed by atoms with van der Waals surface area (Å²) in [4.78, 5) is 8.35. The highest BCUT2D eigenvalue weighted by molar-refractivity contribution is 7.99. The summed E-state index contributed by atoms with van der Waals surface area (Å²) in [5, 5.41) is 8.11. The van der Waals surface area contributed by atoms with E-state index >= 15 is 0 Å². The minimum atomic E-state index is 0.519. The third kappa shape index (κ3) is 4.56. The van der Waals surface area contributed by atoms with Crippen molar-refractivity contribution in [1.29, 1.82) is 0 Å². The van der Waals surface area contributed by atoms with Crippen LogP contribution in [0.25, 0.3) is 0 Å². The van der Waals surface area contributed by atoms with Gasteiger partial charge in [-0.2, -0.15) is 11.8 Å². The van der Waals surface area contributed by atoms with Crippen molar-refractivity contribution in [1.82, 2.24) is 15.6 Å². The second-order valence-corrected chi connectivity index (χ2v) is 6.45. The van der Waals surface area contributed by atoms with Crippen LogP contribution >= 0.6 is 23.4 Å². The number of nitrogens with zero attached hydrogens (tertiary/aromatic N) is 2. The first-order valence-corrected chi connectivity index (χ1v) is 8.48. The number of halogens is 1. The zero-order valence-electron chi connectivity index (χ0n) is 11.9. The van der Waals surface area contributed by atoms with E-state index in [9.17, 15) is 0 Å². The Hall–Kier alpha value is -0.940. The first-order valence-electron chi connectivity index (χ1n) is 6.81. The Morgan fingerprint density at radius 3 is 2.95 bits per heavy atom. The van der Waals surface area contributed by atoms with Gasteiger partial charge in [0.2, 0.25) is 0 Å². The first-order chi connectivity index (χ1) is 9.71. The number of aromatic nitrogens is 1. The SMILES string of the molecule is CN=C(NCc1ccc(Cl)nc1)NC1CCC(SC)C1. The molecule has 0 amide bonds. The van der Waals surface area contributed by atoms with Crippen LogP contribution in [-0.2, 0) is 6.54 Å². The van der Waals surface area contributed by atoms with E-state index in [1.807, 2.05) is 17.8 Å². The summed E-state index contributed by atoms with van der Waals surface area (Å²) in [5.41, 5.74) is 1.09. The number of hydrogen-bond acceptors (Lipinski definition) is 3. The molecule has 6 heteroatoms. The molecule has 0 aromatic carbocycles. The van der Waals surface area contributed by atoms with Gasteiger partial charge in [-0.25, -0.2) is 4.98 Å². The lowest BCUT2D eigenvalue weighted by molar-refractivity contribution is 0.614. The van der Waals surface area contributed by atoms with Crippen LogP contribution in [0.5, 0.6) is 0 Å². The molecule has 1 saturated carbocycles. The summed E-state index contributed by atoms with van der Waals surface area (Å²) in [7, 11) is 1.80. The third-order valence-electron chi connectivity index (χ3n) is 3.53. The van der Waals surface area contributed by atoms with Gasteiger partial charge in [-0.05, 0) is 37.1 Å². The van der Waals surface area contributed by atoms with Crippen molar-refractivity contribution in [3.63, 3.8) is 0 Å². The molecule has 1 heterocycles. The van der Waals surface area contributed by atoms with Crippen LogP contribution < -0.4 is 10.6 Å². The molecule has 0 radical (unpaired) electrons. The van der Waals surface area contributed by atoms with Gasteiger partial charge in [0, 0.05) is 31.1 Å². The zero-order chi connectivity index (χ0) is 14.4. The Kier molecular flexibility index (Phi) is 5.98. The lowest BCUT2D eigenvalue weighted by Crippen LogP contribution is -2.42. The smallest absolute Gasteiger partial charge is 0.191 e. The molecule has 2 unspecified atom stereocenters. The van der Waals surface area contributed by atoms with Gasteiger partial charge < -0.3 is 10.6 Å². The fourth-order valence-corrected chi connectivity index (χ4v) is 3.28. The van der Waals surface area contributed by atoms with Gasteiger partial charge in [-0.1, -0.05) is 17.7 Å². The van der Waals surface area contributed by atoms with Gasteiger partial charge in [0.05, 0.1) is 0 Å². The van der Waals surface area contributed by atoms with Gasteiger partial charge in [0.1, 0.15) is 5.15 Å². The predicted molar refractivity (Wildman–Crippen MR) is 87.5 cm³/mol. The van der Waals surface area contributed by atoms with Crippen LogP contribution in [0.1, 0.15) is 24.8 Å². The molecule has 0 spiro atoms. The number of nitrogens with one attached hydrogen (secondary N) is 2. The number of thioether (sulfide) groups is 1. The molecular formula is C14H21ClN4S. The molecule has 20 heavy (non-hydrogen) atoms. The van der Waals surface area contributed by atoms with Crippen molar-refractivity contribution in [3.8, 4) is 0 Å². The fraction of sp³-hybridized carbons (Fsp3) is 0.571. The summed E-state index contributed by atoms with van der Waals surface area (Å²) < 4.78 is 0. The lowest BCUT2D eigenvalue weighted by Gasteiger charge is -2.17. The molecule has 2 rings (SSSR count). The zero-order valence-corrected chi connectivity index (χ0v) is 13.5. The fourth-order valence-electron chi connectivity index (χ4n) is 2.37. The highest BCUT2D eigenvalue weighted by Crippen LogP contribution is 2.27. The van der Waals surface area contributed by atoms with Crippen LogP contribution in [0.15, 0.2) is 23.3 Å². The highest BCUT2D eigenvalue weighted by Gasteiger charge is 2.24. The van der Waals surface area contributed by atoms with E-state index in [4.69, 9.17) is 11.6 Å². The van der Waals surface area contributed by atoms with E-state index < -0.39 is 0 Å². The topological polar surface area (TPSA) is 49.3 Å². The summed E-state index contributed by atoms with van der Waals surface area (Å²) in [6.45, 7) is 0.697. The monoisotopic (exact) mass is 312 g/mol. The normalized spacial score (nSPS) is 22.9. The third-order valence-corrected chi connectivity index (χ3v) is 4.85. The summed E-state index contributed by atoms with van der Waals surface area (Å²) in [5.74, 6) is 0.853. The quantitative estimate of drug-likeness (QED) is 0.510. The van der Waals surface area contributed by atoms with Gasteiger partial charge in [-0.3, -0.25) is 4.99 Å². The van der Waals surface area contributed by atoms with E-state index in [1.54, 1.807) is 19.3 Å².